The molecule has 2 aromatic rings. The van der Waals surface area contributed by atoms with E-state index in [2.05, 4.69) is 9.72 Å². The van der Waals surface area contributed by atoms with Crippen molar-refractivity contribution in [3.05, 3.63) is 51.4 Å². The summed E-state index contributed by atoms with van der Waals surface area (Å²) >= 11 is 0. The van der Waals surface area contributed by atoms with Gasteiger partial charge in [-0.3, -0.25) is 4.79 Å². The van der Waals surface area contributed by atoms with E-state index in [9.17, 15) is 26.7 Å². The number of H-pyrrole nitrogens is 1. The zero-order chi connectivity index (χ0) is 18.1. The van der Waals surface area contributed by atoms with Crippen LogP contribution in [0.4, 0.5) is 22.0 Å². The largest absolute Gasteiger partial charge is 0.478 e. The van der Waals surface area contributed by atoms with Gasteiger partial charge in [-0.15, -0.1) is 0 Å². The van der Waals surface area contributed by atoms with Crippen LogP contribution in [0.15, 0.2) is 23.0 Å². The normalized spacial score (nSPS) is 11.2. The van der Waals surface area contributed by atoms with Gasteiger partial charge in [0.25, 0.3) is 5.56 Å². The van der Waals surface area contributed by atoms with Crippen LogP contribution in [0.3, 0.4) is 0 Å². The number of halogens is 5. The molecule has 0 atom stereocenters. The summed E-state index contributed by atoms with van der Waals surface area (Å²) in [4.78, 5) is 14.1. The fraction of sp³-hybridized carbons (Fsp3) is 0.200. The van der Waals surface area contributed by atoms with Crippen LogP contribution in [0, 0.1) is 29.9 Å². The number of aromatic nitrogens is 1. The Bertz CT molecular complexity index is 858. The lowest BCUT2D eigenvalue weighted by Crippen LogP contribution is -2.20. The average molecular weight is 344 g/mol. The molecule has 0 radical (unpaired) electrons. The van der Waals surface area contributed by atoms with Gasteiger partial charge in [-0.2, -0.15) is 18.4 Å². The molecule has 0 spiro atoms. The van der Waals surface area contributed by atoms with Crippen molar-refractivity contribution >= 4 is 0 Å². The Hall–Kier alpha value is -2.89. The van der Waals surface area contributed by atoms with Gasteiger partial charge < -0.3 is 9.72 Å². The van der Waals surface area contributed by atoms with Gasteiger partial charge in [-0.1, -0.05) is 0 Å². The third-order valence-corrected chi connectivity index (χ3v) is 2.97. The van der Waals surface area contributed by atoms with E-state index < -0.39 is 35.7 Å². The van der Waals surface area contributed by atoms with Crippen LogP contribution < -0.4 is 10.3 Å². The van der Waals surface area contributed by atoms with Gasteiger partial charge in [0.05, 0.1) is 0 Å². The second kappa shape index (κ2) is 6.31. The van der Waals surface area contributed by atoms with E-state index in [0.29, 0.717) is 17.8 Å². The highest BCUT2D eigenvalue weighted by Gasteiger charge is 2.30. The lowest BCUT2D eigenvalue weighted by molar-refractivity contribution is -0.154. The summed E-state index contributed by atoms with van der Waals surface area (Å²) in [6, 6.07) is 4.34. The molecule has 0 bridgehead atoms. The maximum atomic E-state index is 13.9. The van der Waals surface area contributed by atoms with Crippen molar-refractivity contribution in [3.8, 4) is 22.9 Å². The second-order valence-corrected chi connectivity index (χ2v) is 4.85. The minimum absolute atomic E-state index is 0.0427. The number of rotatable bonds is 3. The third kappa shape index (κ3) is 3.71. The molecular formula is C15H9F5N2O2. The molecule has 1 aromatic carbocycles. The highest BCUT2D eigenvalue weighted by atomic mass is 19.4. The first-order valence-corrected chi connectivity index (χ1v) is 6.45. The van der Waals surface area contributed by atoms with E-state index in [1.54, 1.807) is 6.07 Å². The molecule has 126 valence electrons. The van der Waals surface area contributed by atoms with Crippen LogP contribution in [0.2, 0.25) is 0 Å². The number of hydrogen-bond acceptors (Lipinski definition) is 3. The van der Waals surface area contributed by atoms with Gasteiger partial charge in [-0.25, -0.2) is 8.78 Å². The van der Waals surface area contributed by atoms with Crippen LogP contribution in [0.5, 0.6) is 5.75 Å². The first-order valence-electron chi connectivity index (χ1n) is 6.45. The summed E-state index contributed by atoms with van der Waals surface area (Å²) in [5.41, 5.74) is -0.990. The number of pyridine rings is 1. The molecule has 0 unspecified atom stereocenters. The Kier molecular flexibility index (Phi) is 4.59. The minimum atomic E-state index is -4.75. The summed E-state index contributed by atoms with van der Waals surface area (Å²) in [5.74, 6) is -3.94. The van der Waals surface area contributed by atoms with Crippen LogP contribution >= 0.6 is 0 Å². The number of nitrogens with zero attached hydrogens (tertiary/aromatic N) is 1. The van der Waals surface area contributed by atoms with Gasteiger partial charge in [0, 0.05) is 11.3 Å². The molecule has 0 aliphatic rings. The molecule has 0 saturated carbocycles. The molecular weight excluding hydrogens is 335 g/mol. The average Bonchev–Trinajstić information content (AvgIpc) is 2.44. The van der Waals surface area contributed by atoms with Crippen molar-refractivity contribution in [1.82, 2.24) is 4.98 Å². The zero-order valence-electron chi connectivity index (χ0n) is 12.1. The molecule has 0 amide bonds. The van der Waals surface area contributed by atoms with E-state index in [1.807, 2.05) is 0 Å². The molecule has 24 heavy (non-hydrogen) atoms. The molecule has 0 aliphatic heterocycles. The van der Waals surface area contributed by atoms with Gasteiger partial charge in [-0.05, 0) is 30.7 Å². The first kappa shape index (κ1) is 17.5. The van der Waals surface area contributed by atoms with Gasteiger partial charge in [0.15, 0.2) is 24.0 Å². The van der Waals surface area contributed by atoms with E-state index >= 15 is 0 Å². The van der Waals surface area contributed by atoms with Gasteiger partial charge >= 0.3 is 6.18 Å². The fourth-order valence-corrected chi connectivity index (χ4v) is 2.03. The maximum absolute atomic E-state index is 13.9. The summed E-state index contributed by atoms with van der Waals surface area (Å²) in [7, 11) is 0. The molecule has 4 nitrogen and oxygen atoms in total. The molecule has 0 fully saturated rings. The van der Waals surface area contributed by atoms with Crippen molar-refractivity contribution in [2.45, 2.75) is 13.1 Å². The highest BCUT2D eigenvalue weighted by molar-refractivity contribution is 5.71. The van der Waals surface area contributed by atoms with Crippen LogP contribution in [-0.2, 0) is 0 Å². The Morgan fingerprint density at radius 2 is 1.79 bits per heavy atom. The monoisotopic (exact) mass is 344 g/mol. The number of alkyl halides is 3. The van der Waals surface area contributed by atoms with E-state index in [1.165, 1.54) is 13.0 Å². The Morgan fingerprint density at radius 3 is 2.29 bits per heavy atom. The molecule has 0 aliphatic carbocycles. The van der Waals surface area contributed by atoms with Crippen LogP contribution in [-0.4, -0.2) is 17.8 Å². The van der Waals surface area contributed by atoms with Gasteiger partial charge in [0.2, 0.25) is 0 Å². The SMILES string of the molecule is Cc1cc(-c2cc(F)c(OCC(F)(F)F)c(F)c2)c(C#N)c(=O)[nH]1. The fourth-order valence-electron chi connectivity index (χ4n) is 2.03. The number of aromatic amines is 1. The molecule has 2 rings (SSSR count). The van der Waals surface area contributed by atoms with Crippen molar-refractivity contribution < 1.29 is 26.7 Å². The summed E-state index contributed by atoms with van der Waals surface area (Å²) in [6.45, 7) is -0.354. The van der Waals surface area contributed by atoms with Gasteiger partial charge in [0.1, 0.15) is 11.6 Å². The lowest BCUT2D eigenvalue weighted by atomic mass is 10.0. The van der Waals surface area contributed by atoms with E-state index in [4.69, 9.17) is 5.26 Å². The van der Waals surface area contributed by atoms with Crippen LogP contribution in [0.25, 0.3) is 11.1 Å². The molecule has 9 heteroatoms. The first-order chi connectivity index (χ1) is 11.1. The predicted molar refractivity (Wildman–Crippen MR) is 73.4 cm³/mol. The smallest absolute Gasteiger partial charge is 0.422 e. The van der Waals surface area contributed by atoms with E-state index in [-0.39, 0.29) is 16.7 Å². The zero-order valence-corrected chi connectivity index (χ0v) is 12.1. The topological polar surface area (TPSA) is 65.9 Å². The second-order valence-electron chi connectivity index (χ2n) is 4.85. The number of ether oxygens (including phenoxy) is 1. The van der Waals surface area contributed by atoms with E-state index in [0.717, 1.165) is 0 Å². The maximum Gasteiger partial charge on any atom is 0.422 e. The number of benzene rings is 1. The summed E-state index contributed by atoms with van der Waals surface area (Å²) in [5, 5.41) is 9.01. The Labute approximate surface area is 132 Å². The van der Waals surface area contributed by atoms with Crippen molar-refractivity contribution in [2.75, 3.05) is 6.61 Å². The third-order valence-electron chi connectivity index (χ3n) is 2.97. The molecule has 1 aromatic heterocycles. The standard InChI is InChI=1S/C15H9F5N2O2/c1-7-2-9(10(5-21)14(23)22-7)8-3-11(16)13(12(17)4-8)24-6-15(18,19)20/h2-4H,6H2,1H3,(H,22,23). The lowest BCUT2D eigenvalue weighted by Gasteiger charge is -2.12. The number of nitrogens with one attached hydrogen (secondary N) is 1. The van der Waals surface area contributed by atoms with Crippen molar-refractivity contribution in [2.24, 2.45) is 0 Å². The Balaban J connectivity index is 2.53. The molecule has 0 saturated heterocycles. The quantitative estimate of drug-likeness (QED) is 0.868. The van der Waals surface area contributed by atoms with Crippen molar-refractivity contribution in [1.29, 1.82) is 5.26 Å². The number of hydrogen-bond donors (Lipinski definition) is 1. The Morgan fingerprint density at radius 1 is 1.21 bits per heavy atom. The molecule has 1 N–H and O–H groups in total. The predicted octanol–water partition coefficient (Wildman–Crippen LogP) is 3.44. The summed E-state index contributed by atoms with van der Waals surface area (Å²) in [6.07, 6.45) is -4.75. The van der Waals surface area contributed by atoms with Crippen LogP contribution in [0.1, 0.15) is 11.3 Å². The number of nitriles is 1. The number of aryl methyl sites for hydroxylation is 1. The summed E-state index contributed by atoms with van der Waals surface area (Å²) < 4.78 is 68.2. The highest BCUT2D eigenvalue weighted by Crippen LogP contribution is 2.31. The minimum Gasteiger partial charge on any atom is -0.478 e. The van der Waals surface area contributed by atoms with Crippen molar-refractivity contribution in [3.63, 3.8) is 0 Å². The molecule has 1 heterocycles.